The van der Waals surface area contributed by atoms with Crippen molar-refractivity contribution in [3.05, 3.63) is 59.7 Å². The van der Waals surface area contributed by atoms with Crippen molar-refractivity contribution < 1.29 is 19.0 Å². The third kappa shape index (κ3) is 5.71. The maximum absolute atomic E-state index is 12.3. The van der Waals surface area contributed by atoms with E-state index in [-0.39, 0.29) is 18.6 Å². The van der Waals surface area contributed by atoms with Gasteiger partial charge in [0.1, 0.15) is 11.5 Å². The van der Waals surface area contributed by atoms with Crippen LogP contribution in [0.2, 0.25) is 0 Å². The van der Waals surface area contributed by atoms with Gasteiger partial charge in [-0.3, -0.25) is 9.69 Å². The maximum Gasteiger partial charge on any atom is 0.258 e. The van der Waals surface area contributed by atoms with E-state index in [1.807, 2.05) is 49.4 Å². The second-order valence-corrected chi connectivity index (χ2v) is 6.85. The fourth-order valence-corrected chi connectivity index (χ4v) is 3.24. The van der Waals surface area contributed by atoms with Crippen LogP contribution in [0.15, 0.2) is 48.5 Å². The first kappa shape index (κ1) is 20.2. The molecular weight excluding hydrogens is 356 g/mol. The van der Waals surface area contributed by atoms with Crippen LogP contribution in [0.3, 0.4) is 0 Å². The van der Waals surface area contributed by atoms with E-state index >= 15 is 0 Å². The lowest BCUT2D eigenvalue weighted by atomic mass is 10.0. The normalized spacial score (nSPS) is 15.6. The summed E-state index contributed by atoms with van der Waals surface area (Å²) in [5, 5.41) is 3.01. The molecule has 1 N–H and O–H groups in total. The third-order valence-electron chi connectivity index (χ3n) is 4.85. The summed E-state index contributed by atoms with van der Waals surface area (Å²) in [6.07, 6.45) is 0. The number of carbonyl (C=O) groups is 1. The number of morpholine rings is 1. The number of hydrogen-bond donors (Lipinski definition) is 1. The van der Waals surface area contributed by atoms with Crippen LogP contribution in [-0.2, 0) is 9.53 Å². The van der Waals surface area contributed by atoms with E-state index in [0.29, 0.717) is 25.5 Å². The van der Waals surface area contributed by atoms with Gasteiger partial charge >= 0.3 is 0 Å². The Morgan fingerprint density at radius 3 is 2.61 bits per heavy atom. The fraction of sp³-hybridized carbons (Fsp3) is 0.409. The molecule has 3 rings (SSSR count). The van der Waals surface area contributed by atoms with Gasteiger partial charge in [-0.2, -0.15) is 0 Å². The van der Waals surface area contributed by atoms with E-state index in [1.165, 1.54) is 0 Å². The van der Waals surface area contributed by atoms with Crippen LogP contribution in [-0.4, -0.2) is 57.4 Å². The van der Waals surface area contributed by atoms with Gasteiger partial charge in [-0.15, -0.1) is 0 Å². The zero-order valence-electron chi connectivity index (χ0n) is 16.5. The smallest absolute Gasteiger partial charge is 0.258 e. The Bertz CT molecular complexity index is 757. The zero-order chi connectivity index (χ0) is 19.8. The van der Waals surface area contributed by atoms with E-state index in [1.54, 1.807) is 7.11 Å². The molecule has 150 valence electrons. The highest BCUT2D eigenvalue weighted by Crippen LogP contribution is 2.24. The summed E-state index contributed by atoms with van der Waals surface area (Å²) < 4.78 is 16.4. The van der Waals surface area contributed by atoms with Crippen molar-refractivity contribution in [3.8, 4) is 11.5 Å². The minimum atomic E-state index is -0.137. The Morgan fingerprint density at radius 2 is 1.89 bits per heavy atom. The first-order chi connectivity index (χ1) is 13.7. The average Bonchev–Trinajstić information content (AvgIpc) is 2.74. The Balaban J connectivity index is 1.60. The molecule has 1 amide bonds. The highest BCUT2D eigenvalue weighted by atomic mass is 16.5. The quantitative estimate of drug-likeness (QED) is 0.758. The number of amides is 1. The average molecular weight is 384 g/mol. The predicted molar refractivity (Wildman–Crippen MR) is 108 cm³/mol. The number of methoxy groups -OCH3 is 1. The van der Waals surface area contributed by atoms with Crippen LogP contribution in [0.25, 0.3) is 0 Å². The summed E-state index contributed by atoms with van der Waals surface area (Å²) in [6.45, 7) is 5.58. The van der Waals surface area contributed by atoms with E-state index in [4.69, 9.17) is 14.2 Å². The molecule has 6 heteroatoms. The van der Waals surface area contributed by atoms with Gasteiger partial charge in [-0.25, -0.2) is 0 Å². The van der Waals surface area contributed by atoms with Crippen LogP contribution < -0.4 is 14.8 Å². The largest absolute Gasteiger partial charge is 0.497 e. The van der Waals surface area contributed by atoms with Crippen molar-refractivity contribution in [1.29, 1.82) is 0 Å². The lowest BCUT2D eigenvalue weighted by Crippen LogP contribution is -2.44. The number of nitrogens with one attached hydrogen (secondary N) is 1. The highest BCUT2D eigenvalue weighted by Gasteiger charge is 2.23. The van der Waals surface area contributed by atoms with Gasteiger partial charge in [0, 0.05) is 19.6 Å². The fourth-order valence-electron chi connectivity index (χ4n) is 3.24. The SMILES string of the molecule is COc1cccc(C(CNC(=O)COc2ccc(C)cc2)N2CCOCC2)c1. The van der Waals surface area contributed by atoms with Crippen LogP contribution in [0.5, 0.6) is 11.5 Å². The summed E-state index contributed by atoms with van der Waals surface area (Å²) in [6, 6.07) is 15.7. The van der Waals surface area contributed by atoms with Crippen molar-refractivity contribution in [2.75, 3.05) is 46.6 Å². The van der Waals surface area contributed by atoms with Gasteiger partial charge in [0.25, 0.3) is 5.91 Å². The summed E-state index contributed by atoms with van der Waals surface area (Å²) in [4.78, 5) is 14.7. The lowest BCUT2D eigenvalue weighted by Gasteiger charge is -2.35. The van der Waals surface area contributed by atoms with Gasteiger partial charge in [-0.1, -0.05) is 29.8 Å². The number of aryl methyl sites for hydroxylation is 1. The Morgan fingerprint density at radius 1 is 1.14 bits per heavy atom. The first-order valence-corrected chi connectivity index (χ1v) is 9.57. The van der Waals surface area contributed by atoms with Crippen LogP contribution >= 0.6 is 0 Å². The third-order valence-corrected chi connectivity index (χ3v) is 4.85. The molecule has 0 radical (unpaired) electrons. The minimum Gasteiger partial charge on any atom is -0.497 e. The van der Waals surface area contributed by atoms with Crippen molar-refractivity contribution in [2.24, 2.45) is 0 Å². The second kappa shape index (κ2) is 10.1. The van der Waals surface area contributed by atoms with Gasteiger partial charge in [0.2, 0.25) is 0 Å². The standard InChI is InChI=1S/C22H28N2O4/c1-17-6-8-19(9-7-17)28-16-22(25)23-15-21(24-10-12-27-13-11-24)18-4-3-5-20(14-18)26-2/h3-9,14,21H,10-13,15-16H2,1-2H3,(H,23,25). The van der Waals surface area contributed by atoms with Crippen LogP contribution in [0.1, 0.15) is 17.2 Å². The van der Waals surface area contributed by atoms with Gasteiger partial charge in [0.05, 0.1) is 26.4 Å². The van der Waals surface area contributed by atoms with Crippen molar-refractivity contribution >= 4 is 5.91 Å². The molecule has 1 aliphatic rings. The van der Waals surface area contributed by atoms with Crippen LogP contribution in [0, 0.1) is 6.92 Å². The Hall–Kier alpha value is -2.57. The summed E-state index contributed by atoms with van der Waals surface area (Å²) in [5.41, 5.74) is 2.27. The van der Waals surface area contributed by atoms with Crippen molar-refractivity contribution in [2.45, 2.75) is 13.0 Å². The van der Waals surface area contributed by atoms with Crippen molar-refractivity contribution in [3.63, 3.8) is 0 Å². The Kier molecular flexibility index (Phi) is 7.28. The van der Waals surface area contributed by atoms with Gasteiger partial charge in [-0.05, 0) is 36.8 Å². The molecule has 1 aliphatic heterocycles. The monoisotopic (exact) mass is 384 g/mol. The van der Waals surface area contributed by atoms with E-state index < -0.39 is 0 Å². The molecule has 0 bridgehead atoms. The second-order valence-electron chi connectivity index (χ2n) is 6.85. The molecular formula is C22H28N2O4. The molecule has 1 fully saturated rings. The molecule has 0 aromatic heterocycles. The first-order valence-electron chi connectivity index (χ1n) is 9.57. The van der Waals surface area contributed by atoms with Gasteiger partial charge < -0.3 is 19.5 Å². The molecule has 1 atom stereocenters. The summed E-state index contributed by atoms with van der Waals surface area (Å²) in [7, 11) is 1.66. The number of benzene rings is 2. The molecule has 2 aromatic rings. The molecule has 28 heavy (non-hydrogen) atoms. The van der Waals surface area contributed by atoms with Crippen molar-refractivity contribution in [1.82, 2.24) is 10.2 Å². The molecule has 1 unspecified atom stereocenters. The van der Waals surface area contributed by atoms with E-state index in [0.717, 1.165) is 30.0 Å². The lowest BCUT2D eigenvalue weighted by molar-refractivity contribution is -0.123. The Labute approximate surface area is 166 Å². The molecule has 1 heterocycles. The predicted octanol–water partition coefficient (Wildman–Crippen LogP) is 2.57. The summed E-state index contributed by atoms with van der Waals surface area (Å²) >= 11 is 0. The molecule has 2 aromatic carbocycles. The minimum absolute atomic E-state index is 0.00297. The molecule has 0 aliphatic carbocycles. The molecule has 0 spiro atoms. The highest BCUT2D eigenvalue weighted by molar-refractivity contribution is 5.77. The number of nitrogens with zero attached hydrogens (tertiary/aromatic N) is 1. The topological polar surface area (TPSA) is 60.0 Å². The van der Waals surface area contributed by atoms with E-state index in [2.05, 4.69) is 16.3 Å². The number of ether oxygens (including phenoxy) is 3. The van der Waals surface area contributed by atoms with E-state index in [9.17, 15) is 4.79 Å². The summed E-state index contributed by atoms with van der Waals surface area (Å²) in [5.74, 6) is 1.37. The zero-order valence-corrected chi connectivity index (χ0v) is 16.5. The molecule has 6 nitrogen and oxygen atoms in total. The number of carbonyl (C=O) groups excluding carboxylic acids is 1. The maximum atomic E-state index is 12.3. The van der Waals surface area contributed by atoms with Gasteiger partial charge in [0.15, 0.2) is 6.61 Å². The van der Waals surface area contributed by atoms with Crippen LogP contribution in [0.4, 0.5) is 0 Å². The molecule has 1 saturated heterocycles. The number of rotatable bonds is 8. The molecule has 0 saturated carbocycles. The number of hydrogen-bond acceptors (Lipinski definition) is 5.